The minimum absolute atomic E-state index is 0.622. The molecule has 2 rings (SSSR count). The maximum absolute atomic E-state index is 4.09. The van der Waals surface area contributed by atoms with Crippen molar-refractivity contribution in [2.75, 3.05) is 19.6 Å². The summed E-state index contributed by atoms with van der Waals surface area (Å²) >= 11 is 0. The van der Waals surface area contributed by atoms with Crippen LogP contribution in [0.5, 0.6) is 0 Å². The monoisotopic (exact) mass is 264 g/mol. The molecule has 1 aliphatic rings. The van der Waals surface area contributed by atoms with Crippen molar-refractivity contribution in [2.45, 2.75) is 52.2 Å². The molecule has 1 aromatic rings. The third-order valence-electron chi connectivity index (χ3n) is 3.89. The molecule has 1 saturated heterocycles. The molecular formula is C15H28N4. The van der Waals surface area contributed by atoms with Crippen LogP contribution in [-0.4, -0.2) is 46.2 Å². The van der Waals surface area contributed by atoms with Crippen molar-refractivity contribution in [3.8, 4) is 0 Å². The van der Waals surface area contributed by atoms with Gasteiger partial charge in [0.2, 0.25) is 0 Å². The van der Waals surface area contributed by atoms with Gasteiger partial charge in [0.1, 0.15) is 0 Å². The van der Waals surface area contributed by atoms with Crippen LogP contribution >= 0.6 is 0 Å². The number of nitrogens with zero attached hydrogens (tertiary/aromatic N) is 3. The Labute approximate surface area is 117 Å². The van der Waals surface area contributed by atoms with Crippen LogP contribution in [0.25, 0.3) is 0 Å². The van der Waals surface area contributed by atoms with Gasteiger partial charge in [0, 0.05) is 50.7 Å². The van der Waals surface area contributed by atoms with E-state index in [-0.39, 0.29) is 0 Å². The number of nitrogens with one attached hydrogen (secondary N) is 1. The fraction of sp³-hybridized carbons (Fsp3) is 0.800. The van der Waals surface area contributed by atoms with Gasteiger partial charge in [0.25, 0.3) is 0 Å². The second-order valence-electron chi connectivity index (χ2n) is 6.24. The highest BCUT2D eigenvalue weighted by Gasteiger charge is 2.25. The average Bonchev–Trinajstić information content (AvgIpc) is 2.85. The zero-order valence-electron chi connectivity index (χ0n) is 12.5. The predicted octanol–water partition coefficient (Wildman–Crippen LogP) is 1.98. The smallest absolute Gasteiger partial charge is 0.0945 e. The fourth-order valence-corrected chi connectivity index (χ4v) is 2.96. The second-order valence-corrected chi connectivity index (χ2v) is 6.24. The van der Waals surface area contributed by atoms with Crippen LogP contribution in [0.1, 0.15) is 33.6 Å². The quantitative estimate of drug-likeness (QED) is 0.853. The van der Waals surface area contributed by atoms with E-state index in [2.05, 4.69) is 40.5 Å². The van der Waals surface area contributed by atoms with Crippen molar-refractivity contribution in [3.05, 3.63) is 18.7 Å². The van der Waals surface area contributed by atoms with Crippen LogP contribution in [-0.2, 0) is 6.54 Å². The lowest BCUT2D eigenvalue weighted by Crippen LogP contribution is -2.56. The van der Waals surface area contributed by atoms with E-state index >= 15 is 0 Å². The molecule has 2 atom stereocenters. The highest BCUT2D eigenvalue weighted by atomic mass is 15.2. The number of rotatable bonds is 6. The Bertz CT molecular complexity index is 347. The van der Waals surface area contributed by atoms with Crippen molar-refractivity contribution in [1.29, 1.82) is 0 Å². The summed E-state index contributed by atoms with van der Waals surface area (Å²) < 4.78 is 2.17. The van der Waals surface area contributed by atoms with Crippen LogP contribution in [0.15, 0.2) is 18.7 Å². The predicted molar refractivity (Wildman–Crippen MR) is 79.1 cm³/mol. The highest BCUT2D eigenvalue weighted by Crippen LogP contribution is 2.15. The normalized spacial score (nSPS) is 25.1. The number of hydrogen-bond donors (Lipinski definition) is 1. The largest absolute Gasteiger partial charge is 0.337 e. The Morgan fingerprint density at radius 1 is 1.37 bits per heavy atom. The van der Waals surface area contributed by atoms with E-state index in [1.807, 2.05) is 18.7 Å². The summed E-state index contributed by atoms with van der Waals surface area (Å²) in [6.45, 7) is 11.5. The van der Waals surface area contributed by atoms with E-state index < -0.39 is 0 Å². The zero-order valence-corrected chi connectivity index (χ0v) is 12.5. The van der Waals surface area contributed by atoms with E-state index in [1.165, 1.54) is 25.9 Å². The lowest BCUT2D eigenvalue weighted by molar-refractivity contribution is 0.116. The topological polar surface area (TPSA) is 33.1 Å². The summed E-state index contributed by atoms with van der Waals surface area (Å²) in [6, 6.07) is 1.33. The lowest BCUT2D eigenvalue weighted by atomic mass is 9.99. The molecular weight excluding hydrogens is 236 g/mol. The molecule has 0 aliphatic carbocycles. The number of hydrogen-bond acceptors (Lipinski definition) is 3. The molecule has 2 unspecified atom stereocenters. The Hall–Kier alpha value is -0.870. The van der Waals surface area contributed by atoms with Crippen molar-refractivity contribution in [1.82, 2.24) is 19.8 Å². The van der Waals surface area contributed by atoms with Gasteiger partial charge in [0.05, 0.1) is 6.33 Å². The molecule has 1 aromatic heterocycles. The van der Waals surface area contributed by atoms with Gasteiger partial charge in [-0.2, -0.15) is 0 Å². The van der Waals surface area contributed by atoms with Crippen LogP contribution in [0.2, 0.25) is 0 Å². The molecule has 1 fully saturated rings. The van der Waals surface area contributed by atoms with Gasteiger partial charge >= 0.3 is 0 Å². The van der Waals surface area contributed by atoms with Crippen LogP contribution < -0.4 is 5.32 Å². The molecule has 19 heavy (non-hydrogen) atoms. The molecule has 0 spiro atoms. The van der Waals surface area contributed by atoms with Crippen LogP contribution in [0, 0.1) is 5.92 Å². The van der Waals surface area contributed by atoms with Gasteiger partial charge in [-0.15, -0.1) is 0 Å². The third-order valence-corrected chi connectivity index (χ3v) is 3.89. The minimum Gasteiger partial charge on any atom is -0.337 e. The molecule has 1 aliphatic heterocycles. The molecule has 0 bridgehead atoms. The van der Waals surface area contributed by atoms with Gasteiger partial charge in [-0.25, -0.2) is 4.98 Å². The maximum Gasteiger partial charge on any atom is 0.0945 e. The maximum atomic E-state index is 4.09. The fourth-order valence-electron chi connectivity index (χ4n) is 2.96. The van der Waals surface area contributed by atoms with Gasteiger partial charge < -0.3 is 9.88 Å². The Morgan fingerprint density at radius 2 is 2.21 bits per heavy atom. The number of imidazole rings is 1. The van der Waals surface area contributed by atoms with Gasteiger partial charge in [0.15, 0.2) is 0 Å². The van der Waals surface area contributed by atoms with Crippen molar-refractivity contribution in [2.24, 2.45) is 5.92 Å². The van der Waals surface area contributed by atoms with Crippen LogP contribution in [0.3, 0.4) is 0 Å². The highest BCUT2D eigenvalue weighted by molar-refractivity contribution is 4.85. The summed E-state index contributed by atoms with van der Waals surface area (Å²) in [4.78, 5) is 6.77. The van der Waals surface area contributed by atoms with Crippen molar-refractivity contribution in [3.63, 3.8) is 0 Å². The van der Waals surface area contributed by atoms with E-state index in [0.717, 1.165) is 19.0 Å². The minimum atomic E-state index is 0.622. The summed E-state index contributed by atoms with van der Waals surface area (Å²) in [7, 11) is 0. The molecule has 0 amide bonds. The van der Waals surface area contributed by atoms with Gasteiger partial charge in [-0.3, -0.25) is 4.90 Å². The first-order valence-corrected chi connectivity index (χ1v) is 7.58. The summed E-state index contributed by atoms with van der Waals surface area (Å²) in [5.41, 5.74) is 0. The van der Waals surface area contributed by atoms with E-state index in [0.29, 0.717) is 12.1 Å². The lowest BCUT2D eigenvalue weighted by Gasteiger charge is -2.40. The first-order chi connectivity index (χ1) is 9.15. The number of piperazine rings is 1. The first kappa shape index (κ1) is 14.5. The van der Waals surface area contributed by atoms with E-state index in [4.69, 9.17) is 0 Å². The van der Waals surface area contributed by atoms with Crippen LogP contribution in [0.4, 0.5) is 0 Å². The average molecular weight is 264 g/mol. The Balaban J connectivity index is 1.80. The molecule has 4 heteroatoms. The van der Waals surface area contributed by atoms with E-state index in [1.54, 1.807) is 0 Å². The standard InChI is InChI=1S/C15H28N4/c1-13(2)9-15-10-17-14(3)11-19(15)7-4-6-18-8-5-16-12-18/h5,8,12-15,17H,4,6-7,9-11H2,1-3H3. The SMILES string of the molecule is CC(C)CC1CNC(C)CN1CCCn1ccnc1. The summed E-state index contributed by atoms with van der Waals surface area (Å²) in [6.07, 6.45) is 8.31. The summed E-state index contributed by atoms with van der Waals surface area (Å²) in [5, 5.41) is 3.61. The Kier molecular flexibility index (Phi) is 5.40. The van der Waals surface area contributed by atoms with Crippen molar-refractivity contribution >= 4 is 0 Å². The van der Waals surface area contributed by atoms with Crippen molar-refractivity contribution < 1.29 is 0 Å². The molecule has 0 radical (unpaired) electrons. The zero-order chi connectivity index (χ0) is 13.7. The number of aromatic nitrogens is 2. The number of aryl methyl sites for hydroxylation is 1. The molecule has 2 heterocycles. The van der Waals surface area contributed by atoms with E-state index in [9.17, 15) is 0 Å². The first-order valence-electron chi connectivity index (χ1n) is 7.58. The molecule has 1 N–H and O–H groups in total. The summed E-state index contributed by atoms with van der Waals surface area (Å²) in [5.74, 6) is 0.774. The molecule has 0 aromatic carbocycles. The third kappa shape index (κ3) is 4.62. The second kappa shape index (κ2) is 7.06. The molecule has 0 saturated carbocycles. The van der Waals surface area contributed by atoms with Gasteiger partial charge in [-0.05, 0) is 25.7 Å². The molecule has 4 nitrogen and oxygen atoms in total. The molecule has 108 valence electrons. The van der Waals surface area contributed by atoms with Gasteiger partial charge in [-0.1, -0.05) is 13.8 Å². The Morgan fingerprint density at radius 3 is 2.89 bits per heavy atom.